The molecule has 1 nitrogen and oxygen atoms in total. The van der Waals surface area contributed by atoms with Gasteiger partial charge in [-0.05, 0) is 55.5 Å². The lowest BCUT2D eigenvalue weighted by molar-refractivity contribution is 0.575. The quantitative estimate of drug-likeness (QED) is 0.848. The molecule has 20 heavy (non-hydrogen) atoms. The molecular weight excluding hydrogens is 293 g/mol. The Hall–Kier alpha value is -0.900. The summed E-state index contributed by atoms with van der Waals surface area (Å²) in [6, 6.07) is 7.01. The van der Waals surface area contributed by atoms with Crippen LogP contribution in [0.2, 0.25) is 5.02 Å². The summed E-state index contributed by atoms with van der Waals surface area (Å²) in [5.74, 6) is -0.291. The van der Waals surface area contributed by atoms with E-state index in [1.807, 2.05) is 11.3 Å². The van der Waals surface area contributed by atoms with E-state index >= 15 is 0 Å². The topological polar surface area (TPSA) is 12.0 Å². The zero-order chi connectivity index (χ0) is 14.1. The number of halogens is 2. The van der Waals surface area contributed by atoms with Crippen molar-refractivity contribution in [1.82, 2.24) is 5.32 Å². The first-order valence-electron chi connectivity index (χ1n) is 6.92. The van der Waals surface area contributed by atoms with Crippen LogP contribution in [0.3, 0.4) is 0 Å². The Balaban J connectivity index is 1.65. The van der Waals surface area contributed by atoms with Crippen LogP contribution in [-0.4, -0.2) is 0 Å². The van der Waals surface area contributed by atoms with Crippen LogP contribution >= 0.6 is 22.9 Å². The largest absolute Gasteiger partial charge is 0.305 e. The third kappa shape index (κ3) is 2.90. The second kappa shape index (κ2) is 5.84. The molecule has 1 aromatic heterocycles. The van der Waals surface area contributed by atoms with Gasteiger partial charge >= 0.3 is 0 Å². The highest BCUT2D eigenvalue weighted by Gasteiger charge is 2.15. The van der Waals surface area contributed by atoms with Crippen LogP contribution in [0.25, 0.3) is 0 Å². The lowest BCUT2D eigenvalue weighted by Gasteiger charge is -2.15. The fourth-order valence-electron chi connectivity index (χ4n) is 2.69. The Kier molecular flexibility index (Phi) is 4.11. The average molecular weight is 310 g/mol. The van der Waals surface area contributed by atoms with Crippen molar-refractivity contribution in [3.05, 3.63) is 56.0 Å². The van der Waals surface area contributed by atoms with Crippen LogP contribution < -0.4 is 5.32 Å². The van der Waals surface area contributed by atoms with E-state index in [9.17, 15) is 4.39 Å². The van der Waals surface area contributed by atoms with Gasteiger partial charge in [0.15, 0.2) is 0 Å². The van der Waals surface area contributed by atoms with Crippen molar-refractivity contribution in [2.45, 2.75) is 38.8 Å². The number of aryl methyl sites for hydroxylation is 2. The predicted octanol–water partition coefficient (Wildman–Crippen LogP) is 4.88. The fourth-order valence-corrected chi connectivity index (χ4v) is 4.24. The van der Waals surface area contributed by atoms with Gasteiger partial charge < -0.3 is 5.32 Å². The van der Waals surface area contributed by atoms with Gasteiger partial charge in [0.05, 0.1) is 0 Å². The summed E-state index contributed by atoms with van der Waals surface area (Å²) in [4.78, 5) is 2.93. The molecule has 1 atom stereocenters. The molecule has 0 radical (unpaired) electrons. The minimum Gasteiger partial charge on any atom is -0.305 e. The van der Waals surface area contributed by atoms with Crippen LogP contribution in [0.5, 0.6) is 0 Å². The first-order chi connectivity index (χ1) is 9.63. The number of hydrogen-bond donors (Lipinski definition) is 1. The normalized spacial score (nSPS) is 15.3. The summed E-state index contributed by atoms with van der Waals surface area (Å²) in [6.45, 7) is 2.90. The van der Waals surface area contributed by atoms with E-state index in [0.717, 1.165) is 12.1 Å². The Morgan fingerprint density at radius 3 is 2.95 bits per heavy atom. The van der Waals surface area contributed by atoms with E-state index in [1.165, 1.54) is 41.8 Å². The van der Waals surface area contributed by atoms with Crippen molar-refractivity contribution in [2.75, 3.05) is 0 Å². The first kappa shape index (κ1) is 14.1. The highest BCUT2D eigenvalue weighted by atomic mass is 35.5. The van der Waals surface area contributed by atoms with Crippen molar-refractivity contribution in [1.29, 1.82) is 0 Å². The fraction of sp³-hybridized carbons (Fsp3) is 0.375. The third-order valence-electron chi connectivity index (χ3n) is 3.81. The second-order valence-corrected chi connectivity index (χ2v) is 6.91. The molecule has 1 aliphatic carbocycles. The molecule has 1 aliphatic rings. The number of rotatable bonds is 4. The smallest absolute Gasteiger partial charge is 0.124 e. The minimum atomic E-state index is -0.291. The molecule has 1 N–H and O–H groups in total. The molecule has 0 saturated carbocycles. The van der Waals surface area contributed by atoms with Gasteiger partial charge in [-0.25, -0.2) is 4.39 Å². The summed E-state index contributed by atoms with van der Waals surface area (Å²) < 4.78 is 13.1. The lowest BCUT2D eigenvalue weighted by atomic mass is 10.1. The van der Waals surface area contributed by atoms with Gasteiger partial charge in [-0.1, -0.05) is 17.7 Å². The van der Waals surface area contributed by atoms with Crippen LogP contribution in [0.1, 0.15) is 40.3 Å². The van der Waals surface area contributed by atoms with Gasteiger partial charge in [-0.3, -0.25) is 0 Å². The zero-order valence-corrected chi connectivity index (χ0v) is 13.0. The summed E-state index contributed by atoms with van der Waals surface area (Å²) in [5.41, 5.74) is 2.47. The van der Waals surface area contributed by atoms with E-state index < -0.39 is 0 Å². The number of benzene rings is 1. The summed E-state index contributed by atoms with van der Waals surface area (Å²) in [7, 11) is 0. The van der Waals surface area contributed by atoms with Crippen molar-refractivity contribution in [3.63, 3.8) is 0 Å². The molecule has 2 aromatic rings. The van der Waals surface area contributed by atoms with Crippen LogP contribution in [-0.2, 0) is 19.4 Å². The number of thiophene rings is 1. The third-order valence-corrected chi connectivity index (χ3v) is 5.37. The number of fused-ring (bicyclic) bond motifs is 1. The lowest BCUT2D eigenvalue weighted by Crippen LogP contribution is -2.17. The maximum absolute atomic E-state index is 13.1. The molecule has 3 rings (SSSR count). The van der Waals surface area contributed by atoms with Gasteiger partial charge in [-0.15, -0.1) is 11.3 Å². The summed E-state index contributed by atoms with van der Waals surface area (Å²) >= 11 is 8.00. The predicted molar refractivity (Wildman–Crippen MR) is 83.0 cm³/mol. The van der Waals surface area contributed by atoms with Crippen LogP contribution in [0.15, 0.2) is 24.3 Å². The van der Waals surface area contributed by atoms with E-state index in [1.54, 1.807) is 10.9 Å². The highest BCUT2D eigenvalue weighted by molar-refractivity contribution is 7.12. The molecular formula is C16H17ClFNS. The van der Waals surface area contributed by atoms with Crippen molar-refractivity contribution >= 4 is 22.9 Å². The molecule has 1 unspecified atom stereocenters. The molecule has 0 bridgehead atoms. The monoisotopic (exact) mass is 309 g/mol. The Bertz CT molecular complexity index is 601. The molecule has 0 aliphatic heterocycles. The van der Waals surface area contributed by atoms with E-state index in [0.29, 0.717) is 5.02 Å². The molecule has 0 spiro atoms. The summed E-state index contributed by atoms with van der Waals surface area (Å²) in [6.07, 6.45) is 3.76. The second-order valence-electron chi connectivity index (χ2n) is 5.28. The van der Waals surface area contributed by atoms with Crippen molar-refractivity contribution in [3.8, 4) is 0 Å². The maximum atomic E-state index is 13.1. The molecule has 0 saturated heterocycles. The molecule has 0 fully saturated rings. The molecule has 1 heterocycles. The minimum absolute atomic E-state index is 0.111. The van der Waals surface area contributed by atoms with Gasteiger partial charge in [0.1, 0.15) is 5.82 Å². The van der Waals surface area contributed by atoms with Gasteiger partial charge in [-0.2, -0.15) is 0 Å². The average Bonchev–Trinajstić information content (AvgIpc) is 2.96. The number of nitrogens with one attached hydrogen (secondary N) is 1. The Morgan fingerprint density at radius 2 is 2.20 bits per heavy atom. The van der Waals surface area contributed by atoms with E-state index in [-0.39, 0.29) is 11.9 Å². The first-order valence-corrected chi connectivity index (χ1v) is 8.11. The zero-order valence-electron chi connectivity index (χ0n) is 11.4. The van der Waals surface area contributed by atoms with Gasteiger partial charge in [0, 0.05) is 27.4 Å². The van der Waals surface area contributed by atoms with Crippen molar-refractivity contribution in [2.24, 2.45) is 0 Å². The number of hydrogen-bond acceptors (Lipinski definition) is 2. The standard InChI is InChI=1S/C16H17ClFNS/c1-10(14-6-5-12(18)8-15(14)17)19-9-13-7-11-3-2-4-16(11)20-13/h5-8,10,19H,2-4,9H2,1H3. The Morgan fingerprint density at radius 1 is 1.35 bits per heavy atom. The van der Waals surface area contributed by atoms with E-state index in [2.05, 4.69) is 18.3 Å². The molecule has 106 valence electrons. The van der Waals surface area contributed by atoms with Gasteiger partial charge in [0.2, 0.25) is 0 Å². The Labute approximate surface area is 127 Å². The molecule has 4 heteroatoms. The van der Waals surface area contributed by atoms with Crippen LogP contribution in [0, 0.1) is 5.82 Å². The SMILES string of the molecule is CC(NCc1cc2c(s1)CCC2)c1ccc(F)cc1Cl. The molecule has 1 aromatic carbocycles. The van der Waals surface area contributed by atoms with Crippen molar-refractivity contribution < 1.29 is 4.39 Å². The maximum Gasteiger partial charge on any atom is 0.124 e. The van der Waals surface area contributed by atoms with E-state index in [4.69, 9.17) is 11.6 Å². The molecule has 0 amide bonds. The summed E-state index contributed by atoms with van der Waals surface area (Å²) in [5, 5.41) is 3.95. The van der Waals surface area contributed by atoms with Gasteiger partial charge in [0.25, 0.3) is 0 Å². The van der Waals surface area contributed by atoms with Crippen LogP contribution in [0.4, 0.5) is 4.39 Å². The highest BCUT2D eigenvalue weighted by Crippen LogP contribution is 2.31.